The van der Waals surface area contributed by atoms with Crippen LogP contribution in [-0.4, -0.2) is 6.54 Å². The number of hydrogen-bond acceptors (Lipinski definition) is 1. The molecule has 1 N–H and O–H groups in total. The third-order valence-corrected chi connectivity index (χ3v) is 3.17. The van der Waals surface area contributed by atoms with Crippen molar-refractivity contribution in [1.29, 1.82) is 0 Å². The molecule has 0 bridgehead atoms. The summed E-state index contributed by atoms with van der Waals surface area (Å²) in [5.74, 6) is 0. The third kappa shape index (κ3) is 3.85. The zero-order valence-corrected chi connectivity index (χ0v) is 12.0. The summed E-state index contributed by atoms with van der Waals surface area (Å²) >= 11 is 0. The van der Waals surface area contributed by atoms with Crippen LogP contribution < -0.4 is 5.32 Å². The van der Waals surface area contributed by atoms with E-state index in [1.807, 2.05) is 0 Å². The zero-order valence-electron chi connectivity index (χ0n) is 12.0. The quantitative estimate of drug-likeness (QED) is 0.793. The van der Waals surface area contributed by atoms with Gasteiger partial charge in [-0.3, -0.25) is 0 Å². The zero-order chi connectivity index (χ0) is 12.9. The van der Waals surface area contributed by atoms with E-state index in [2.05, 4.69) is 64.2 Å². The van der Waals surface area contributed by atoms with Gasteiger partial charge in [0.2, 0.25) is 0 Å². The van der Waals surface area contributed by atoms with Gasteiger partial charge in [0, 0.05) is 6.04 Å². The molecule has 1 aromatic carbocycles. The van der Waals surface area contributed by atoms with Crippen molar-refractivity contribution in [3.05, 3.63) is 35.4 Å². The number of nitrogens with one attached hydrogen (secondary N) is 1. The van der Waals surface area contributed by atoms with Gasteiger partial charge in [-0.05, 0) is 29.5 Å². The van der Waals surface area contributed by atoms with Gasteiger partial charge >= 0.3 is 0 Å². The standard InChI is InChI=1S/C16H27N/c1-6-10-15(17-7-2)13-11-8-9-12-14(13)16(3,4)5/h8-9,11-12,15,17H,6-7,10H2,1-5H3. The molecule has 1 atom stereocenters. The molecular formula is C16H27N. The van der Waals surface area contributed by atoms with Gasteiger partial charge in [0.25, 0.3) is 0 Å². The van der Waals surface area contributed by atoms with Gasteiger partial charge < -0.3 is 5.32 Å². The largest absolute Gasteiger partial charge is 0.310 e. The Morgan fingerprint density at radius 1 is 1.12 bits per heavy atom. The van der Waals surface area contributed by atoms with Gasteiger partial charge in [-0.2, -0.15) is 0 Å². The smallest absolute Gasteiger partial charge is 0.0322 e. The topological polar surface area (TPSA) is 12.0 Å². The Kier molecular flexibility index (Phi) is 5.20. The molecule has 0 radical (unpaired) electrons. The minimum Gasteiger partial charge on any atom is -0.310 e. The maximum atomic E-state index is 3.61. The summed E-state index contributed by atoms with van der Waals surface area (Å²) < 4.78 is 0. The van der Waals surface area contributed by atoms with Crippen LogP contribution in [0.1, 0.15) is 64.6 Å². The highest BCUT2D eigenvalue weighted by molar-refractivity contribution is 5.35. The van der Waals surface area contributed by atoms with Crippen LogP contribution in [0.5, 0.6) is 0 Å². The van der Waals surface area contributed by atoms with E-state index in [0.717, 1.165) is 6.54 Å². The van der Waals surface area contributed by atoms with Crippen LogP contribution in [0.3, 0.4) is 0 Å². The molecule has 0 heterocycles. The minimum atomic E-state index is 0.220. The molecule has 17 heavy (non-hydrogen) atoms. The first-order valence-electron chi connectivity index (χ1n) is 6.83. The highest BCUT2D eigenvalue weighted by atomic mass is 14.9. The highest BCUT2D eigenvalue weighted by Gasteiger charge is 2.21. The average molecular weight is 233 g/mol. The maximum absolute atomic E-state index is 3.61. The number of rotatable bonds is 5. The Morgan fingerprint density at radius 3 is 2.29 bits per heavy atom. The second-order valence-corrected chi connectivity index (χ2v) is 5.74. The van der Waals surface area contributed by atoms with E-state index < -0.39 is 0 Å². The maximum Gasteiger partial charge on any atom is 0.0322 e. The molecule has 0 spiro atoms. The van der Waals surface area contributed by atoms with E-state index in [0.29, 0.717) is 6.04 Å². The average Bonchev–Trinajstić information content (AvgIpc) is 2.28. The molecule has 1 rings (SSSR count). The van der Waals surface area contributed by atoms with Crippen LogP contribution in [-0.2, 0) is 5.41 Å². The van der Waals surface area contributed by atoms with Crippen molar-refractivity contribution >= 4 is 0 Å². The second-order valence-electron chi connectivity index (χ2n) is 5.74. The second kappa shape index (κ2) is 6.20. The Labute approximate surface area is 107 Å². The first kappa shape index (κ1) is 14.2. The van der Waals surface area contributed by atoms with Crippen molar-refractivity contribution in [2.45, 2.75) is 58.9 Å². The fraction of sp³-hybridized carbons (Fsp3) is 0.625. The molecule has 0 saturated heterocycles. The van der Waals surface area contributed by atoms with Gasteiger partial charge in [0.1, 0.15) is 0 Å². The van der Waals surface area contributed by atoms with Gasteiger partial charge in [0.05, 0.1) is 0 Å². The Balaban J connectivity index is 3.09. The van der Waals surface area contributed by atoms with Crippen LogP contribution >= 0.6 is 0 Å². The molecule has 0 aliphatic rings. The van der Waals surface area contributed by atoms with Crippen LogP contribution in [0, 0.1) is 0 Å². The molecule has 0 aliphatic carbocycles. The summed E-state index contributed by atoms with van der Waals surface area (Å²) in [5, 5.41) is 3.61. The van der Waals surface area contributed by atoms with Crippen LogP contribution in [0.15, 0.2) is 24.3 Å². The summed E-state index contributed by atoms with van der Waals surface area (Å²) in [5.41, 5.74) is 3.17. The molecule has 0 fully saturated rings. The van der Waals surface area contributed by atoms with Crippen molar-refractivity contribution in [2.75, 3.05) is 6.54 Å². The molecular weight excluding hydrogens is 206 g/mol. The fourth-order valence-corrected chi connectivity index (χ4v) is 2.39. The Bertz CT molecular complexity index is 330. The number of benzene rings is 1. The minimum absolute atomic E-state index is 0.220. The normalized spacial score (nSPS) is 13.7. The van der Waals surface area contributed by atoms with Gasteiger partial charge in [0.15, 0.2) is 0 Å². The fourth-order valence-electron chi connectivity index (χ4n) is 2.39. The summed E-state index contributed by atoms with van der Waals surface area (Å²) in [6.45, 7) is 12.3. The lowest BCUT2D eigenvalue weighted by Gasteiger charge is -2.28. The van der Waals surface area contributed by atoms with Crippen molar-refractivity contribution in [1.82, 2.24) is 5.32 Å². The third-order valence-electron chi connectivity index (χ3n) is 3.17. The summed E-state index contributed by atoms with van der Waals surface area (Å²) in [6.07, 6.45) is 2.43. The molecule has 0 saturated carbocycles. The Morgan fingerprint density at radius 2 is 1.76 bits per heavy atom. The lowest BCUT2D eigenvalue weighted by Crippen LogP contribution is -2.25. The van der Waals surface area contributed by atoms with Crippen molar-refractivity contribution in [3.8, 4) is 0 Å². The van der Waals surface area contributed by atoms with E-state index in [9.17, 15) is 0 Å². The van der Waals surface area contributed by atoms with Crippen molar-refractivity contribution < 1.29 is 0 Å². The van der Waals surface area contributed by atoms with E-state index in [-0.39, 0.29) is 5.41 Å². The van der Waals surface area contributed by atoms with Crippen LogP contribution in [0.25, 0.3) is 0 Å². The van der Waals surface area contributed by atoms with Gasteiger partial charge in [-0.25, -0.2) is 0 Å². The molecule has 0 amide bonds. The summed E-state index contributed by atoms with van der Waals surface area (Å²) in [7, 11) is 0. The molecule has 1 unspecified atom stereocenters. The van der Waals surface area contributed by atoms with E-state index >= 15 is 0 Å². The van der Waals surface area contributed by atoms with E-state index in [1.54, 1.807) is 0 Å². The van der Waals surface area contributed by atoms with E-state index in [4.69, 9.17) is 0 Å². The van der Waals surface area contributed by atoms with Crippen molar-refractivity contribution in [2.24, 2.45) is 0 Å². The molecule has 96 valence electrons. The van der Waals surface area contributed by atoms with E-state index in [1.165, 1.54) is 24.0 Å². The first-order chi connectivity index (χ1) is 8.00. The Hall–Kier alpha value is -0.820. The van der Waals surface area contributed by atoms with Crippen LogP contribution in [0.2, 0.25) is 0 Å². The first-order valence-corrected chi connectivity index (χ1v) is 6.83. The molecule has 1 heteroatoms. The lowest BCUT2D eigenvalue weighted by atomic mass is 9.81. The van der Waals surface area contributed by atoms with Gasteiger partial charge in [-0.1, -0.05) is 65.3 Å². The van der Waals surface area contributed by atoms with Crippen LogP contribution in [0.4, 0.5) is 0 Å². The monoisotopic (exact) mass is 233 g/mol. The predicted molar refractivity (Wildman–Crippen MR) is 76.5 cm³/mol. The molecule has 1 nitrogen and oxygen atoms in total. The summed E-state index contributed by atoms with van der Waals surface area (Å²) in [4.78, 5) is 0. The summed E-state index contributed by atoms with van der Waals surface area (Å²) in [6, 6.07) is 9.36. The predicted octanol–water partition coefficient (Wildman–Crippen LogP) is 4.43. The van der Waals surface area contributed by atoms with Crippen molar-refractivity contribution in [3.63, 3.8) is 0 Å². The molecule has 1 aromatic rings. The lowest BCUT2D eigenvalue weighted by molar-refractivity contribution is 0.489. The molecule has 0 aromatic heterocycles. The highest BCUT2D eigenvalue weighted by Crippen LogP contribution is 2.31. The molecule has 0 aliphatic heterocycles. The van der Waals surface area contributed by atoms with Gasteiger partial charge in [-0.15, -0.1) is 0 Å². The SMILES string of the molecule is CCCC(NCC)c1ccccc1C(C)(C)C. The number of hydrogen-bond donors (Lipinski definition) is 1.